The van der Waals surface area contributed by atoms with Crippen molar-refractivity contribution in [1.82, 2.24) is 9.97 Å². The van der Waals surface area contributed by atoms with Crippen LogP contribution < -0.4 is 0 Å². The standard InChI is InChI=1S/C59H38N2S2/c1-3-40-45-23-12-14-27-54(45)62-57(40)41(4-2)52-35-53(49-26-16-25-48-46-24-13-15-28-55(46)63-58(48)49)61-59(60-52)56-42-20-9-8-19-37(42)31-32-47(56)51-34-39-30-29-38(36-17-6-5-7-18-36)33-50(39)43-21-10-11-22-44(43)51/h3-35H,1H2,2H3/b41-4-. The maximum Gasteiger partial charge on any atom is 0.161 e. The van der Waals surface area contributed by atoms with Crippen molar-refractivity contribution in [2.45, 2.75) is 6.92 Å². The molecule has 0 N–H and O–H groups in total. The van der Waals surface area contributed by atoms with E-state index in [1.54, 1.807) is 11.3 Å². The summed E-state index contributed by atoms with van der Waals surface area (Å²) in [5, 5.41) is 10.8. The molecule has 0 aliphatic carbocycles. The van der Waals surface area contributed by atoms with E-state index in [0.717, 1.165) is 60.4 Å². The summed E-state index contributed by atoms with van der Waals surface area (Å²) in [6, 6.07) is 68.0. The Morgan fingerprint density at radius 1 is 0.476 bits per heavy atom. The summed E-state index contributed by atoms with van der Waals surface area (Å²) in [5.74, 6) is 0.691. The molecular formula is C59H38N2S2. The number of nitrogens with zero attached hydrogens (tertiary/aromatic N) is 2. The van der Waals surface area contributed by atoms with Crippen molar-refractivity contribution in [2.75, 3.05) is 0 Å². The van der Waals surface area contributed by atoms with Gasteiger partial charge in [0.2, 0.25) is 0 Å². The molecule has 0 spiro atoms. The molecule has 3 heterocycles. The highest BCUT2D eigenvalue weighted by Crippen LogP contribution is 2.46. The Kier molecular flexibility index (Phi) is 8.96. The summed E-state index contributed by atoms with van der Waals surface area (Å²) in [6.45, 7) is 6.42. The molecule has 0 saturated carbocycles. The largest absolute Gasteiger partial charge is 0.228 e. The molecule has 0 aliphatic heterocycles. The molecule has 3 aromatic heterocycles. The SMILES string of the molecule is C=Cc1c(/C(=C\C)c2cc(-c3cccc4c3sc3ccccc34)nc(-c3c(-c4cc5ccc(-c6ccccc6)cc5c5ccccc45)ccc4ccccc34)n2)sc2ccccc12. The van der Waals surface area contributed by atoms with Gasteiger partial charge in [0.05, 0.1) is 11.4 Å². The summed E-state index contributed by atoms with van der Waals surface area (Å²) in [5.41, 5.74) is 10.7. The molecule has 63 heavy (non-hydrogen) atoms. The topological polar surface area (TPSA) is 25.8 Å². The van der Waals surface area contributed by atoms with Crippen LogP contribution in [0.4, 0.5) is 0 Å². The van der Waals surface area contributed by atoms with Crippen LogP contribution in [0.15, 0.2) is 201 Å². The van der Waals surface area contributed by atoms with Gasteiger partial charge < -0.3 is 0 Å². The first-order valence-corrected chi connectivity index (χ1v) is 22.9. The average Bonchev–Trinajstić information content (AvgIpc) is 3.92. The monoisotopic (exact) mass is 838 g/mol. The Morgan fingerprint density at radius 3 is 1.97 bits per heavy atom. The van der Waals surface area contributed by atoms with Gasteiger partial charge in [0.15, 0.2) is 5.82 Å². The van der Waals surface area contributed by atoms with Crippen molar-refractivity contribution < 1.29 is 0 Å². The molecule has 0 fully saturated rings. The Bertz CT molecular complexity index is 3830. The molecule has 9 aromatic carbocycles. The molecule has 0 radical (unpaired) electrons. The first-order valence-electron chi connectivity index (χ1n) is 21.3. The maximum atomic E-state index is 5.67. The predicted octanol–water partition coefficient (Wildman–Crippen LogP) is 17.3. The number of aromatic nitrogens is 2. The third-order valence-corrected chi connectivity index (χ3v) is 14.9. The number of hydrogen-bond donors (Lipinski definition) is 0. The van der Waals surface area contributed by atoms with E-state index in [2.05, 4.69) is 208 Å². The fourth-order valence-corrected chi connectivity index (χ4v) is 12.0. The second kappa shape index (κ2) is 15.1. The minimum atomic E-state index is 0.691. The second-order valence-corrected chi connectivity index (χ2v) is 18.1. The lowest BCUT2D eigenvalue weighted by Crippen LogP contribution is -2.01. The minimum absolute atomic E-state index is 0.691. The summed E-state index contributed by atoms with van der Waals surface area (Å²) in [7, 11) is 0. The van der Waals surface area contributed by atoms with Gasteiger partial charge in [-0.3, -0.25) is 0 Å². The molecular weight excluding hydrogens is 801 g/mol. The van der Waals surface area contributed by atoms with Crippen LogP contribution in [0.5, 0.6) is 0 Å². The zero-order valence-electron chi connectivity index (χ0n) is 34.5. The molecule has 4 heteroatoms. The molecule has 296 valence electrons. The van der Waals surface area contributed by atoms with Gasteiger partial charge in [-0.15, -0.1) is 22.7 Å². The number of hydrogen-bond acceptors (Lipinski definition) is 4. The number of rotatable bonds is 7. The third kappa shape index (κ3) is 6.13. The molecule has 0 saturated heterocycles. The van der Waals surface area contributed by atoms with E-state index < -0.39 is 0 Å². The first kappa shape index (κ1) is 37.3. The highest BCUT2D eigenvalue weighted by atomic mass is 32.1. The predicted molar refractivity (Wildman–Crippen MR) is 274 cm³/mol. The van der Waals surface area contributed by atoms with Crippen LogP contribution >= 0.6 is 22.7 Å². The van der Waals surface area contributed by atoms with Gasteiger partial charge in [-0.1, -0.05) is 176 Å². The van der Waals surface area contributed by atoms with E-state index in [4.69, 9.17) is 9.97 Å². The van der Waals surface area contributed by atoms with Gasteiger partial charge in [-0.05, 0) is 91.8 Å². The third-order valence-electron chi connectivity index (χ3n) is 12.5. The van der Waals surface area contributed by atoms with E-state index in [-0.39, 0.29) is 0 Å². The molecule has 12 aromatic rings. The van der Waals surface area contributed by atoms with Crippen molar-refractivity contribution >= 4 is 96.9 Å². The van der Waals surface area contributed by atoms with Crippen LogP contribution in [0.2, 0.25) is 0 Å². The van der Waals surface area contributed by atoms with Crippen molar-refractivity contribution in [1.29, 1.82) is 0 Å². The van der Waals surface area contributed by atoms with E-state index in [9.17, 15) is 0 Å². The average molecular weight is 839 g/mol. The van der Waals surface area contributed by atoms with Gasteiger partial charge in [0.25, 0.3) is 0 Å². The molecule has 0 aliphatic rings. The normalized spacial score (nSPS) is 12.0. The highest BCUT2D eigenvalue weighted by Gasteiger charge is 2.23. The molecule has 0 bridgehead atoms. The molecule has 0 unspecified atom stereocenters. The zero-order chi connectivity index (χ0) is 42.0. The zero-order valence-corrected chi connectivity index (χ0v) is 36.1. The van der Waals surface area contributed by atoms with Gasteiger partial charge >= 0.3 is 0 Å². The molecule has 12 rings (SSSR count). The smallest absolute Gasteiger partial charge is 0.161 e. The number of benzene rings is 9. The Morgan fingerprint density at radius 2 is 1.16 bits per heavy atom. The summed E-state index contributed by atoms with van der Waals surface area (Å²) in [4.78, 5) is 12.5. The first-order chi connectivity index (χ1) is 31.1. The van der Waals surface area contributed by atoms with E-state index in [0.29, 0.717) is 5.82 Å². The van der Waals surface area contributed by atoms with Crippen LogP contribution in [0.1, 0.15) is 23.1 Å². The van der Waals surface area contributed by atoms with Crippen LogP contribution in [0.3, 0.4) is 0 Å². The molecule has 0 atom stereocenters. The van der Waals surface area contributed by atoms with Crippen LogP contribution in [-0.4, -0.2) is 9.97 Å². The Labute approximate surface area is 373 Å². The lowest BCUT2D eigenvalue weighted by Gasteiger charge is -2.18. The van der Waals surface area contributed by atoms with Crippen LogP contribution in [-0.2, 0) is 0 Å². The van der Waals surface area contributed by atoms with Crippen molar-refractivity contribution in [3.63, 3.8) is 0 Å². The summed E-state index contributed by atoms with van der Waals surface area (Å²) in [6.07, 6.45) is 4.20. The van der Waals surface area contributed by atoms with E-state index in [1.807, 2.05) is 17.4 Å². The fourth-order valence-electron chi connectivity index (χ4n) is 9.52. The van der Waals surface area contributed by atoms with Crippen molar-refractivity contribution in [2.24, 2.45) is 0 Å². The lowest BCUT2D eigenvalue weighted by atomic mass is 9.87. The minimum Gasteiger partial charge on any atom is -0.228 e. The molecule has 0 amide bonds. The highest BCUT2D eigenvalue weighted by molar-refractivity contribution is 7.26. The Balaban J connectivity index is 1.16. The fraction of sp³-hybridized carbons (Fsp3) is 0.0169. The summed E-state index contributed by atoms with van der Waals surface area (Å²) >= 11 is 3.62. The van der Waals surface area contributed by atoms with Gasteiger partial charge in [0, 0.05) is 57.4 Å². The number of fused-ring (bicyclic) bond motifs is 8. The number of allylic oxidation sites excluding steroid dienone is 1. The number of thiophene rings is 2. The van der Waals surface area contributed by atoms with E-state index >= 15 is 0 Å². The van der Waals surface area contributed by atoms with E-state index in [1.165, 1.54) is 62.9 Å². The van der Waals surface area contributed by atoms with Crippen LogP contribution in [0.25, 0.3) is 119 Å². The van der Waals surface area contributed by atoms with Gasteiger partial charge in [-0.25, -0.2) is 9.97 Å². The lowest BCUT2D eigenvalue weighted by molar-refractivity contribution is 1.16. The maximum absolute atomic E-state index is 5.67. The Hall–Kier alpha value is -7.50. The van der Waals surface area contributed by atoms with Crippen molar-refractivity contribution in [3.8, 4) is 44.9 Å². The second-order valence-electron chi connectivity index (χ2n) is 16.0. The van der Waals surface area contributed by atoms with Gasteiger partial charge in [-0.2, -0.15) is 0 Å². The molecule has 2 nitrogen and oxygen atoms in total. The van der Waals surface area contributed by atoms with Crippen molar-refractivity contribution in [3.05, 3.63) is 217 Å². The quantitative estimate of drug-likeness (QED) is 0.149. The van der Waals surface area contributed by atoms with Crippen LogP contribution in [0, 0.1) is 0 Å². The summed E-state index contributed by atoms with van der Waals surface area (Å²) < 4.78 is 3.71. The van der Waals surface area contributed by atoms with Gasteiger partial charge in [0.1, 0.15) is 0 Å².